The molecule has 0 saturated heterocycles. The van der Waals surface area contributed by atoms with Gasteiger partial charge >= 0.3 is 0 Å². The molecular weight excluding hydrogens is 192 g/mol. The Bertz CT molecular complexity index is 541. The Labute approximate surface area is 86.2 Å². The minimum absolute atomic E-state index is 0.0548. The predicted octanol–water partition coefficient (Wildman–Crippen LogP) is 3.00. The van der Waals surface area contributed by atoms with E-state index in [4.69, 9.17) is 0 Å². The largest absolute Gasteiger partial charge is 0.494 e. The van der Waals surface area contributed by atoms with Crippen LogP contribution in [-0.2, 0) is 0 Å². The summed E-state index contributed by atoms with van der Waals surface area (Å²) in [6.07, 6.45) is 1.56. The number of H-pyrrole nitrogens is 1. The first-order valence-corrected chi connectivity index (χ1v) is 4.53. The van der Waals surface area contributed by atoms with Gasteiger partial charge in [-0.1, -0.05) is 18.2 Å². The number of rotatable bonds is 2. The van der Waals surface area contributed by atoms with Crippen molar-refractivity contribution >= 4 is 17.0 Å². The molecule has 2 aromatic rings. The minimum Gasteiger partial charge on any atom is -0.494 e. The summed E-state index contributed by atoms with van der Waals surface area (Å²) < 4.78 is 0. The fraction of sp³-hybridized carbons (Fsp3) is 0.0909. The van der Waals surface area contributed by atoms with Gasteiger partial charge in [0.1, 0.15) is 0 Å². The van der Waals surface area contributed by atoms with Crippen molar-refractivity contribution in [1.82, 2.24) is 4.98 Å². The Hall–Kier alpha value is -2.10. The average Bonchev–Trinajstić information content (AvgIpc) is 2.55. The van der Waals surface area contributed by atoms with Crippen LogP contribution in [-0.4, -0.2) is 10.1 Å². The highest BCUT2D eigenvalue weighted by Crippen LogP contribution is 2.28. The van der Waals surface area contributed by atoms with Gasteiger partial charge in [-0.3, -0.25) is 0 Å². The Morgan fingerprint density at radius 2 is 2.20 bits per heavy atom. The van der Waals surface area contributed by atoms with Gasteiger partial charge in [0, 0.05) is 16.5 Å². The quantitative estimate of drug-likeness (QED) is 0.735. The van der Waals surface area contributed by atoms with Crippen molar-refractivity contribution in [2.45, 2.75) is 6.92 Å². The minimum atomic E-state index is 0.0548. The van der Waals surface area contributed by atoms with E-state index in [0.29, 0.717) is 11.3 Å². The lowest BCUT2D eigenvalue weighted by Gasteiger charge is -1.92. The summed E-state index contributed by atoms with van der Waals surface area (Å²) in [4.78, 5) is 13.1. The van der Waals surface area contributed by atoms with E-state index in [9.17, 15) is 10.0 Å². The molecule has 0 fully saturated rings. The van der Waals surface area contributed by atoms with Crippen LogP contribution in [0.15, 0.2) is 35.1 Å². The fourth-order valence-corrected chi connectivity index (χ4v) is 1.53. The molecule has 0 bridgehead atoms. The van der Waals surface area contributed by atoms with Crippen LogP contribution in [0.4, 0.5) is 0 Å². The number of benzene rings is 1. The maximum absolute atomic E-state index is 10.3. The lowest BCUT2D eigenvalue weighted by atomic mass is 10.1. The standard InChI is InChI=1S/C11H10N2O2/c1-7(13-15)6-9-8-4-2-3-5-10(8)12-11(9)14/h2-6,12,14H,1H3/b7-6-. The van der Waals surface area contributed by atoms with Crippen LogP contribution in [0, 0.1) is 4.91 Å². The molecule has 0 aliphatic carbocycles. The van der Waals surface area contributed by atoms with Gasteiger partial charge in [0.25, 0.3) is 0 Å². The van der Waals surface area contributed by atoms with E-state index >= 15 is 0 Å². The van der Waals surface area contributed by atoms with Crippen LogP contribution >= 0.6 is 0 Å². The summed E-state index contributed by atoms with van der Waals surface area (Å²) in [5.74, 6) is 0.0548. The van der Waals surface area contributed by atoms with Crippen LogP contribution in [0.1, 0.15) is 12.5 Å². The second-order valence-electron chi connectivity index (χ2n) is 3.31. The first-order valence-electron chi connectivity index (χ1n) is 4.53. The molecule has 1 heterocycles. The molecule has 76 valence electrons. The van der Waals surface area contributed by atoms with Gasteiger partial charge in [-0.15, -0.1) is 4.91 Å². The van der Waals surface area contributed by atoms with Crippen LogP contribution in [0.5, 0.6) is 5.88 Å². The fourth-order valence-electron chi connectivity index (χ4n) is 1.53. The van der Waals surface area contributed by atoms with E-state index in [1.54, 1.807) is 13.0 Å². The van der Waals surface area contributed by atoms with Crippen LogP contribution in [0.3, 0.4) is 0 Å². The summed E-state index contributed by atoms with van der Waals surface area (Å²) in [6.45, 7) is 1.59. The van der Waals surface area contributed by atoms with Crippen molar-refractivity contribution < 1.29 is 5.11 Å². The predicted molar refractivity (Wildman–Crippen MR) is 59.4 cm³/mol. The molecule has 0 atom stereocenters. The highest BCUT2D eigenvalue weighted by atomic mass is 16.3. The highest BCUT2D eigenvalue weighted by Gasteiger charge is 2.07. The van der Waals surface area contributed by atoms with E-state index in [0.717, 1.165) is 10.9 Å². The number of nitrogens with zero attached hydrogens (tertiary/aromatic N) is 1. The van der Waals surface area contributed by atoms with Crippen molar-refractivity contribution in [1.29, 1.82) is 0 Å². The van der Waals surface area contributed by atoms with Crippen LogP contribution in [0.2, 0.25) is 0 Å². The topological polar surface area (TPSA) is 65.4 Å². The van der Waals surface area contributed by atoms with Gasteiger partial charge in [-0.25, -0.2) is 0 Å². The van der Waals surface area contributed by atoms with Crippen molar-refractivity contribution in [3.8, 4) is 5.88 Å². The first-order chi connectivity index (χ1) is 7.22. The van der Waals surface area contributed by atoms with Gasteiger partial charge in [-0.2, -0.15) is 0 Å². The summed E-state index contributed by atoms with van der Waals surface area (Å²) in [5, 5.41) is 13.3. The molecule has 1 aromatic carbocycles. The van der Waals surface area contributed by atoms with Gasteiger partial charge in [0.05, 0.1) is 5.70 Å². The molecule has 0 spiro atoms. The monoisotopic (exact) mass is 202 g/mol. The van der Waals surface area contributed by atoms with E-state index in [1.165, 1.54) is 0 Å². The molecule has 0 saturated carbocycles. The highest BCUT2D eigenvalue weighted by molar-refractivity contribution is 5.92. The van der Waals surface area contributed by atoms with E-state index < -0.39 is 0 Å². The zero-order valence-corrected chi connectivity index (χ0v) is 8.19. The average molecular weight is 202 g/mol. The number of aromatic amines is 1. The number of aromatic nitrogens is 1. The van der Waals surface area contributed by atoms with Crippen molar-refractivity contribution in [3.05, 3.63) is 40.4 Å². The van der Waals surface area contributed by atoms with E-state index in [1.807, 2.05) is 24.3 Å². The van der Waals surface area contributed by atoms with Gasteiger partial charge in [-0.05, 0) is 24.2 Å². The second kappa shape index (κ2) is 3.57. The number of nitroso groups, excluding NO2 is 1. The SMILES string of the molecule is C/C(=C/c1c(O)[nH]c2ccccc12)N=O. The number of hydrogen-bond donors (Lipinski definition) is 2. The molecule has 2 N–H and O–H groups in total. The summed E-state index contributed by atoms with van der Waals surface area (Å²) in [5.41, 5.74) is 1.76. The third-order valence-electron chi connectivity index (χ3n) is 2.22. The van der Waals surface area contributed by atoms with E-state index in [-0.39, 0.29) is 5.88 Å². The number of aromatic hydroxyl groups is 1. The zero-order chi connectivity index (χ0) is 10.8. The third kappa shape index (κ3) is 1.61. The van der Waals surface area contributed by atoms with Crippen LogP contribution in [0.25, 0.3) is 17.0 Å². The zero-order valence-electron chi connectivity index (χ0n) is 8.19. The molecule has 0 radical (unpaired) electrons. The third-order valence-corrected chi connectivity index (χ3v) is 2.22. The van der Waals surface area contributed by atoms with Gasteiger partial charge in [0.2, 0.25) is 0 Å². The molecule has 2 rings (SSSR count). The summed E-state index contributed by atoms with van der Waals surface area (Å²) >= 11 is 0. The van der Waals surface area contributed by atoms with Crippen molar-refractivity contribution in [3.63, 3.8) is 0 Å². The lowest BCUT2D eigenvalue weighted by Crippen LogP contribution is -1.72. The summed E-state index contributed by atoms with van der Waals surface area (Å²) in [6, 6.07) is 7.47. The number of fused-ring (bicyclic) bond motifs is 1. The van der Waals surface area contributed by atoms with E-state index in [2.05, 4.69) is 10.2 Å². The van der Waals surface area contributed by atoms with Gasteiger partial charge < -0.3 is 10.1 Å². The lowest BCUT2D eigenvalue weighted by molar-refractivity contribution is 0.457. The maximum atomic E-state index is 10.3. The molecule has 15 heavy (non-hydrogen) atoms. The second-order valence-corrected chi connectivity index (χ2v) is 3.31. The van der Waals surface area contributed by atoms with Crippen molar-refractivity contribution in [2.75, 3.05) is 0 Å². The smallest absolute Gasteiger partial charge is 0.196 e. The Balaban J connectivity index is 2.69. The molecule has 0 unspecified atom stereocenters. The molecule has 0 amide bonds. The molecule has 4 nitrogen and oxygen atoms in total. The Morgan fingerprint density at radius 1 is 1.47 bits per heavy atom. The molecular formula is C11H10N2O2. The molecule has 0 aliphatic rings. The first kappa shape index (κ1) is 9.45. The molecule has 0 aliphatic heterocycles. The molecule has 1 aromatic heterocycles. The Kier molecular flexibility index (Phi) is 2.25. The number of hydrogen-bond acceptors (Lipinski definition) is 3. The van der Waals surface area contributed by atoms with Crippen LogP contribution < -0.4 is 0 Å². The van der Waals surface area contributed by atoms with Crippen molar-refractivity contribution in [2.24, 2.45) is 5.18 Å². The Morgan fingerprint density at radius 3 is 2.93 bits per heavy atom. The normalized spacial score (nSPS) is 11.9. The maximum Gasteiger partial charge on any atom is 0.196 e. The van der Waals surface area contributed by atoms with Gasteiger partial charge in [0.15, 0.2) is 5.88 Å². The number of nitrogens with one attached hydrogen (secondary N) is 1. The number of allylic oxidation sites excluding steroid dienone is 1. The number of para-hydroxylation sites is 1. The summed E-state index contributed by atoms with van der Waals surface area (Å²) in [7, 11) is 0. The molecule has 4 heteroatoms.